The predicted octanol–water partition coefficient (Wildman–Crippen LogP) is 0.339. The summed E-state index contributed by atoms with van der Waals surface area (Å²) in [4.78, 5) is 13.6. The Hall–Kier alpha value is -1.49. The average molecular weight is 171 g/mol. The summed E-state index contributed by atoms with van der Waals surface area (Å²) in [5, 5.41) is 17.2. The summed E-state index contributed by atoms with van der Waals surface area (Å²) >= 11 is 0. The topological polar surface area (TPSA) is 70.4 Å². The van der Waals surface area contributed by atoms with Gasteiger partial charge in [-0.3, -0.25) is 4.98 Å². The minimum atomic E-state index is -1.90. The Kier molecular flexibility index (Phi) is 2.35. The molecule has 0 amide bonds. The largest absolute Gasteiger partial charge is 0.479 e. The molecule has 1 rings (SSSR count). The molecule has 12 heavy (non-hydrogen) atoms. The summed E-state index contributed by atoms with van der Waals surface area (Å²) in [5.41, 5.74) is -0.468. The first-order chi connectivity index (χ1) is 5.63. The van der Waals surface area contributed by atoms with Gasteiger partial charge in [-0.15, -0.1) is 0 Å². The zero-order valence-corrected chi connectivity index (χ0v) is 5.94. The number of nitrogens with zero attached hydrogens (tertiary/aromatic N) is 1. The highest BCUT2D eigenvalue weighted by Gasteiger charge is 2.20. The number of hydrogen-bond acceptors (Lipinski definition) is 3. The molecule has 0 radical (unpaired) electrons. The predicted molar refractivity (Wildman–Crippen MR) is 36.8 cm³/mol. The van der Waals surface area contributed by atoms with Gasteiger partial charge in [0.15, 0.2) is 6.10 Å². The van der Waals surface area contributed by atoms with E-state index in [1.807, 2.05) is 0 Å². The lowest BCUT2D eigenvalue weighted by atomic mass is 10.2. The molecular formula is C7H6FNO3. The smallest absolute Gasteiger partial charge is 0.338 e. The quantitative estimate of drug-likeness (QED) is 0.673. The number of aromatic nitrogens is 1. The Balaban J connectivity index is 3.02. The molecule has 0 saturated heterocycles. The molecule has 4 nitrogen and oxygen atoms in total. The van der Waals surface area contributed by atoms with Crippen molar-refractivity contribution in [2.75, 3.05) is 0 Å². The molecule has 1 unspecified atom stereocenters. The van der Waals surface area contributed by atoms with Crippen LogP contribution in [-0.2, 0) is 4.79 Å². The fraction of sp³-hybridized carbons (Fsp3) is 0.143. The van der Waals surface area contributed by atoms with Crippen molar-refractivity contribution in [3.05, 3.63) is 29.8 Å². The molecule has 64 valence electrons. The lowest BCUT2D eigenvalue weighted by Crippen LogP contribution is -2.13. The molecule has 0 spiro atoms. The van der Waals surface area contributed by atoms with E-state index in [1.165, 1.54) is 12.3 Å². The van der Waals surface area contributed by atoms with Gasteiger partial charge in [0.2, 0.25) is 0 Å². The molecule has 0 aromatic carbocycles. The van der Waals surface area contributed by atoms with Crippen LogP contribution in [0.15, 0.2) is 18.3 Å². The second-order valence-corrected chi connectivity index (χ2v) is 2.11. The van der Waals surface area contributed by atoms with Crippen LogP contribution in [0.2, 0.25) is 0 Å². The van der Waals surface area contributed by atoms with Crippen LogP contribution in [0.25, 0.3) is 0 Å². The van der Waals surface area contributed by atoms with Gasteiger partial charge in [0.1, 0.15) is 11.5 Å². The van der Waals surface area contributed by atoms with Gasteiger partial charge in [0.25, 0.3) is 0 Å². The Morgan fingerprint density at radius 1 is 1.67 bits per heavy atom. The average Bonchev–Trinajstić information content (AvgIpc) is 2.04. The molecule has 0 aliphatic heterocycles. The zero-order valence-electron chi connectivity index (χ0n) is 5.94. The van der Waals surface area contributed by atoms with Crippen LogP contribution in [0, 0.1) is 5.82 Å². The number of aliphatic carboxylic acids is 1. The first-order valence-corrected chi connectivity index (χ1v) is 3.14. The fourth-order valence-corrected chi connectivity index (χ4v) is 0.716. The number of carbonyl (C=O) groups is 1. The molecule has 0 aliphatic carbocycles. The van der Waals surface area contributed by atoms with Gasteiger partial charge in [0, 0.05) is 6.20 Å². The maximum absolute atomic E-state index is 12.7. The molecule has 0 bridgehead atoms. The number of hydrogen-bond donors (Lipinski definition) is 2. The highest BCUT2D eigenvalue weighted by Crippen LogP contribution is 2.12. The third kappa shape index (κ3) is 1.57. The van der Waals surface area contributed by atoms with Gasteiger partial charge in [-0.2, -0.15) is 0 Å². The highest BCUT2D eigenvalue weighted by molar-refractivity contribution is 5.73. The van der Waals surface area contributed by atoms with Gasteiger partial charge in [-0.1, -0.05) is 0 Å². The van der Waals surface area contributed by atoms with Crippen molar-refractivity contribution in [3.63, 3.8) is 0 Å². The summed E-state index contributed by atoms with van der Waals surface area (Å²) in [6.45, 7) is 0. The Morgan fingerprint density at radius 3 is 2.83 bits per heavy atom. The van der Waals surface area contributed by atoms with Gasteiger partial charge in [-0.05, 0) is 12.1 Å². The maximum Gasteiger partial charge on any atom is 0.338 e. The third-order valence-electron chi connectivity index (χ3n) is 1.28. The van der Waals surface area contributed by atoms with E-state index in [0.717, 1.165) is 6.07 Å². The minimum Gasteiger partial charge on any atom is -0.479 e. The zero-order chi connectivity index (χ0) is 9.14. The summed E-state index contributed by atoms with van der Waals surface area (Å²) in [6.07, 6.45) is -0.684. The monoisotopic (exact) mass is 171 g/mol. The first-order valence-electron chi connectivity index (χ1n) is 3.14. The van der Waals surface area contributed by atoms with E-state index < -0.39 is 23.6 Å². The van der Waals surface area contributed by atoms with E-state index in [4.69, 9.17) is 10.2 Å². The van der Waals surface area contributed by atoms with Crippen LogP contribution >= 0.6 is 0 Å². The molecule has 2 N–H and O–H groups in total. The number of pyridine rings is 1. The third-order valence-corrected chi connectivity index (χ3v) is 1.28. The molecule has 0 aliphatic rings. The summed E-state index contributed by atoms with van der Waals surface area (Å²) < 4.78 is 12.7. The lowest BCUT2D eigenvalue weighted by Gasteiger charge is -2.04. The first kappa shape index (κ1) is 8.61. The molecule has 0 saturated carbocycles. The normalized spacial score (nSPS) is 12.5. The summed E-state index contributed by atoms with van der Waals surface area (Å²) in [7, 11) is 0. The second-order valence-electron chi connectivity index (χ2n) is 2.11. The minimum absolute atomic E-state index is 0.468. The highest BCUT2D eigenvalue weighted by atomic mass is 19.1. The van der Waals surface area contributed by atoms with E-state index >= 15 is 0 Å². The molecule has 1 atom stereocenters. The molecule has 1 heterocycles. The van der Waals surface area contributed by atoms with E-state index in [9.17, 15) is 9.18 Å². The van der Waals surface area contributed by atoms with Crippen LogP contribution < -0.4 is 0 Å². The van der Waals surface area contributed by atoms with Crippen LogP contribution in [0.5, 0.6) is 0 Å². The maximum atomic E-state index is 12.7. The lowest BCUT2D eigenvalue weighted by molar-refractivity contribution is -0.147. The van der Waals surface area contributed by atoms with E-state index in [2.05, 4.69) is 4.98 Å². The van der Waals surface area contributed by atoms with Crippen molar-refractivity contribution in [3.8, 4) is 0 Å². The number of rotatable bonds is 2. The molecular weight excluding hydrogens is 165 g/mol. The standard InChI is InChI=1S/C7H6FNO3/c8-4-2-1-3-9-5(4)6(10)7(11)12/h1-3,6,10H,(H,11,12). The van der Waals surface area contributed by atoms with Gasteiger partial charge < -0.3 is 10.2 Å². The van der Waals surface area contributed by atoms with Gasteiger partial charge in [-0.25, -0.2) is 9.18 Å². The number of halogens is 1. The van der Waals surface area contributed by atoms with Crippen molar-refractivity contribution >= 4 is 5.97 Å². The van der Waals surface area contributed by atoms with Crippen molar-refractivity contribution in [1.82, 2.24) is 4.98 Å². The van der Waals surface area contributed by atoms with Crippen LogP contribution in [0.1, 0.15) is 11.8 Å². The van der Waals surface area contributed by atoms with Crippen LogP contribution in [-0.4, -0.2) is 21.2 Å². The number of carboxylic acid groups (broad SMARTS) is 1. The van der Waals surface area contributed by atoms with E-state index in [1.54, 1.807) is 0 Å². The van der Waals surface area contributed by atoms with Gasteiger partial charge in [0.05, 0.1) is 0 Å². The molecule has 0 fully saturated rings. The van der Waals surface area contributed by atoms with Crippen molar-refractivity contribution in [1.29, 1.82) is 0 Å². The Morgan fingerprint density at radius 2 is 2.33 bits per heavy atom. The Labute approximate surface area is 67.3 Å². The van der Waals surface area contributed by atoms with Crippen LogP contribution in [0.4, 0.5) is 4.39 Å². The van der Waals surface area contributed by atoms with E-state index in [-0.39, 0.29) is 0 Å². The summed E-state index contributed by atoms with van der Waals surface area (Å²) in [6, 6.07) is 2.35. The van der Waals surface area contributed by atoms with Crippen molar-refractivity contribution in [2.24, 2.45) is 0 Å². The molecule has 1 aromatic heterocycles. The fourth-order valence-electron chi connectivity index (χ4n) is 0.716. The second kappa shape index (κ2) is 3.27. The SMILES string of the molecule is O=C(O)C(O)c1ncccc1F. The van der Waals surface area contributed by atoms with Crippen molar-refractivity contribution < 1.29 is 19.4 Å². The van der Waals surface area contributed by atoms with E-state index in [0.29, 0.717) is 0 Å². The Bertz CT molecular complexity index is 302. The molecule has 1 aromatic rings. The van der Waals surface area contributed by atoms with Gasteiger partial charge >= 0.3 is 5.97 Å². The number of aliphatic hydroxyl groups is 1. The summed E-state index contributed by atoms with van der Waals surface area (Å²) in [5.74, 6) is -2.35. The molecule has 5 heteroatoms. The number of aliphatic hydroxyl groups excluding tert-OH is 1. The number of carboxylic acids is 1. The van der Waals surface area contributed by atoms with Crippen molar-refractivity contribution in [2.45, 2.75) is 6.10 Å². The van der Waals surface area contributed by atoms with Crippen LogP contribution in [0.3, 0.4) is 0 Å².